The molecule has 0 radical (unpaired) electrons. The first-order valence-corrected chi connectivity index (χ1v) is 14.7. The van der Waals surface area contributed by atoms with Gasteiger partial charge in [0, 0.05) is 33.0 Å². The zero-order chi connectivity index (χ0) is 27.0. The van der Waals surface area contributed by atoms with Gasteiger partial charge in [0.25, 0.3) is 11.8 Å². The van der Waals surface area contributed by atoms with Gasteiger partial charge in [-0.3, -0.25) is 19.3 Å². The fourth-order valence-corrected chi connectivity index (χ4v) is 8.27. The third-order valence-electron chi connectivity index (χ3n) is 5.70. The number of carboxylic acid groups (broad SMARTS) is 1. The van der Waals surface area contributed by atoms with Crippen LogP contribution in [-0.2, 0) is 19.2 Å². The number of hydrogen-bond acceptors (Lipinski definition) is 12. The van der Waals surface area contributed by atoms with Crippen LogP contribution in [-0.4, -0.2) is 68.5 Å². The second-order valence-corrected chi connectivity index (χ2v) is 12.4. The van der Waals surface area contributed by atoms with Gasteiger partial charge in [0.1, 0.15) is 29.9 Å². The molecule has 0 aliphatic carbocycles. The van der Waals surface area contributed by atoms with Crippen molar-refractivity contribution in [3.8, 4) is 0 Å². The van der Waals surface area contributed by atoms with Gasteiger partial charge >= 0.3 is 5.97 Å². The van der Waals surface area contributed by atoms with Crippen LogP contribution >= 0.6 is 46.2 Å². The largest absolute Gasteiger partial charge is 0.477 e. The molecule has 15 heteroatoms. The number of thiazole rings is 1. The van der Waals surface area contributed by atoms with Crippen molar-refractivity contribution in [2.45, 2.75) is 15.6 Å². The van der Waals surface area contributed by atoms with Crippen molar-refractivity contribution < 1.29 is 24.3 Å². The first-order valence-electron chi connectivity index (χ1n) is 11.0. The summed E-state index contributed by atoms with van der Waals surface area (Å²) in [7, 11) is 1.27. The van der Waals surface area contributed by atoms with E-state index in [4.69, 9.17) is 10.6 Å². The number of rotatable bonds is 8. The number of fused-ring (bicyclic) bond motifs is 2. The van der Waals surface area contributed by atoms with Crippen LogP contribution in [0.2, 0.25) is 0 Å². The number of aromatic nitrogens is 1. The lowest BCUT2D eigenvalue weighted by molar-refractivity contribution is -0.150. The Bertz CT molecular complexity index is 1580. The Labute approximate surface area is 231 Å². The molecule has 4 heterocycles. The number of anilines is 1. The van der Waals surface area contributed by atoms with Gasteiger partial charge in [-0.1, -0.05) is 17.3 Å². The fraction of sp³-hybridized carbons (Fsp3) is 0.217. The maximum absolute atomic E-state index is 13.0. The minimum absolute atomic E-state index is 0.0945. The Morgan fingerprint density at radius 2 is 2.13 bits per heavy atom. The summed E-state index contributed by atoms with van der Waals surface area (Å²) >= 11 is 5.29. The van der Waals surface area contributed by atoms with Gasteiger partial charge in [-0.05, 0) is 17.7 Å². The number of nitrogens with one attached hydrogen (secondary N) is 1. The SMILES string of the molecule is CO/N=C(\C(=O)NC1C(=O)N2C(C(=O)O)=C(CSc3cc(=O)c4ccccc4s3)CSC12)c1csc(N)n1. The number of nitrogen functional groups attached to an aromatic ring is 1. The van der Waals surface area contributed by atoms with Crippen LogP contribution in [0, 0.1) is 0 Å². The lowest BCUT2D eigenvalue weighted by atomic mass is 10.0. The number of nitrogens with zero attached hydrogens (tertiary/aromatic N) is 3. The molecular formula is C23H19N5O6S4. The minimum atomic E-state index is -1.23. The van der Waals surface area contributed by atoms with Crippen molar-refractivity contribution in [3.63, 3.8) is 0 Å². The van der Waals surface area contributed by atoms with Crippen LogP contribution in [0.25, 0.3) is 10.1 Å². The number of amides is 2. The van der Waals surface area contributed by atoms with Crippen LogP contribution in [0.3, 0.4) is 0 Å². The zero-order valence-electron chi connectivity index (χ0n) is 19.6. The van der Waals surface area contributed by atoms with Gasteiger partial charge in [0.2, 0.25) is 0 Å². The summed E-state index contributed by atoms with van der Waals surface area (Å²) in [5, 5.41) is 18.1. The smallest absolute Gasteiger partial charge is 0.352 e. The molecule has 4 N–H and O–H groups in total. The lowest BCUT2D eigenvalue weighted by Gasteiger charge is -2.49. The van der Waals surface area contributed by atoms with Crippen LogP contribution in [0.4, 0.5) is 5.13 Å². The maximum atomic E-state index is 13.0. The molecule has 0 bridgehead atoms. The second-order valence-electron chi connectivity index (χ2n) is 8.03. The van der Waals surface area contributed by atoms with Crippen molar-refractivity contribution in [1.82, 2.24) is 15.2 Å². The van der Waals surface area contributed by atoms with Gasteiger partial charge < -0.3 is 21.0 Å². The molecule has 2 aliphatic heterocycles. The molecule has 3 aromatic rings. The van der Waals surface area contributed by atoms with Gasteiger partial charge in [0.15, 0.2) is 16.3 Å². The molecule has 0 saturated carbocycles. The number of β-lactam (4-membered cyclic amide) rings is 1. The summed E-state index contributed by atoms with van der Waals surface area (Å²) in [4.78, 5) is 60.5. The minimum Gasteiger partial charge on any atom is -0.477 e. The predicted molar refractivity (Wildman–Crippen MR) is 149 cm³/mol. The molecule has 1 aromatic carbocycles. The average molecular weight is 590 g/mol. The number of benzene rings is 1. The Hall–Kier alpha value is -3.40. The first-order chi connectivity index (χ1) is 18.3. The number of hydrogen-bond donors (Lipinski definition) is 3. The van der Waals surface area contributed by atoms with Crippen LogP contribution in [0.5, 0.6) is 0 Å². The number of carboxylic acids is 1. The van der Waals surface area contributed by atoms with E-state index < -0.39 is 29.2 Å². The van der Waals surface area contributed by atoms with E-state index in [0.717, 1.165) is 20.2 Å². The highest BCUT2D eigenvalue weighted by molar-refractivity contribution is 8.02. The molecule has 2 unspecified atom stereocenters. The Balaban J connectivity index is 1.32. The van der Waals surface area contributed by atoms with E-state index in [1.54, 1.807) is 17.5 Å². The monoisotopic (exact) mass is 589 g/mol. The predicted octanol–water partition coefficient (Wildman–Crippen LogP) is 2.18. The summed E-state index contributed by atoms with van der Waals surface area (Å²) in [6.07, 6.45) is 0. The van der Waals surface area contributed by atoms with Crippen molar-refractivity contribution in [2.75, 3.05) is 24.3 Å². The third kappa shape index (κ3) is 4.89. The standard InChI is InChI=1S/C23H19N5O6S4/c1-34-27-16(12-9-37-23(24)25-12)19(30)26-17-20(31)28-18(22(32)33)10(8-36-21(17)28)7-35-15-6-13(29)11-4-2-3-5-14(11)38-15/h2-6,9,17,21H,7-8H2,1H3,(H2,24,25)(H,26,30)(H,32,33)/b27-16-. The summed E-state index contributed by atoms with van der Waals surface area (Å²) in [6, 6.07) is 7.91. The summed E-state index contributed by atoms with van der Waals surface area (Å²) in [5.41, 5.74) is 6.08. The molecule has 2 amide bonds. The highest BCUT2D eigenvalue weighted by Crippen LogP contribution is 2.42. The average Bonchev–Trinajstić information content (AvgIpc) is 3.33. The van der Waals surface area contributed by atoms with Crippen molar-refractivity contribution in [3.05, 3.63) is 62.9 Å². The normalized spacial score (nSPS) is 19.2. The Kier molecular flexibility index (Phi) is 7.43. The molecule has 0 spiro atoms. The van der Waals surface area contributed by atoms with Gasteiger partial charge in [-0.15, -0.1) is 46.2 Å². The number of carbonyl (C=O) groups excluding carboxylic acids is 2. The molecule has 2 aliphatic rings. The molecule has 11 nitrogen and oxygen atoms in total. The molecule has 2 aromatic heterocycles. The number of thioether (sulfide) groups is 2. The summed E-state index contributed by atoms with van der Waals surface area (Å²) in [5.74, 6) is -1.81. The van der Waals surface area contributed by atoms with E-state index in [1.807, 2.05) is 18.2 Å². The summed E-state index contributed by atoms with van der Waals surface area (Å²) < 4.78 is 1.60. The molecule has 1 saturated heterocycles. The van der Waals surface area contributed by atoms with Crippen molar-refractivity contribution in [1.29, 1.82) is 0 Å². The second kappa shape index (κ2) is 10.8. The number of nitrogens with two attached hydrogens (primary N) is 1. The van der Waals surface area contributed by atoms with E-state index in [-0.39, 0.29) is 27.7 Å². The lowest BCUT2D eigenvalue weighted by Crippen LogP contribution is -2.71. The fourth-order valence-electron chi connectivity index (χ4n) is 4.01. The van der Waals surface area contributed by atoms with Crippen molar-refractivity contribution >= 4 is 84.9 Å². The molecule has 196 valence electrons. The number of oxime groups is 1. The zero-order valence-corrected chi connectivity index (χ0v) is 22.8. The Morgan fingerprint density at radius 3 is 2.84 bits per heavy atom. The topological polar surface area (TPSA) is 164 Å². The molecule has 1 fully saturated rings. The van der Waals surface area contributed by atoms with Gasteiger partial charge in [-0.25, -0.2) is 9.78 Å². The third-order valence-corrected chi connectivity index (χ3v) is 10.1. The first kappa shape index (κ1) is 26.2. The maximum Gasteiger partial charge on any atom is 0.352 e. The van der Waals surface area contributed by atoms with Gasteiger partial charge in [0.05, 0.1) is 4.21 Å². The van der Waals surface area contributed by atoms with E-state index in [2.05, 4.69) is 15.5 Å². The van der Waals surface area contributed by atoms with Crippen molar-refractivity contribution in [2.24, 2.45) is 5.16 Å². The highest BCUT2D eigenvalue weighted by Gasteiger charge is 2.54. The van der Waals surface area contributed by atoms with E-state index in [1.165, 1.54) is 46.9 Å². The number of aliphatic carboxylic acids is 1. The quantitative estimate of drug-likeness (QED) is 0.154. The Morgan fingerprint density at radius 1 is 1.34 bits per heavy atom. The van der Waals surface area contributed by atoms with E-state index in [9.17, 15) is 24.3 Å². The molecular weight excluding hydrogens is 571 g/mol. The highest BCUT2D eigenvalue weighted by atomic mass is 32.2. The van der Waals surface area contributed by atoms with Gasteiger partial charge in [-0.2, -0.15) is 0 Å². The summed E-state index contributed by atoms with van der Waals surface area (Å²) in [6.45, 7) is 0. The number of carbonyl (C=O) groups is 3. The van der Waals surface area contributed by atoms with Crippen LogP contribution < -0.4 is 16.5 Å². The van der Waals surface area contributed by atoms with E-state index in [0.29, 0.717) is 22.5 Å². The molecule has 5 rings (SSSR count). The molecule has 2 atom stereocenters. The van der Waals surface area contributed by atoms with E-state index >= 15 is 0 Å². The molecule has 38 heavy (non-hydrogen) atoms. The van der Waals surface area contributed by atoms with Crippen LogP contribution in [0.15, 0.2) is 61.1 Å². The van der Waals surface area contributed by atoms with Crippen LogP contribution in [0.1, 0.15) is 5.69 Å².